The van der Waals surface area contributed by atoms with Gasteiger partial charge in [-0.3, -0.25) is 0 Å². The quantitative estimate of drug-likeness (QED) is 0.359. The van der Waals surface area contributed by atoms with Gasteiger partial charge in [0.25, 0.3) is 0 Å². The number of carbonyl (C=O) groups excluding carboxylic acids is 1. The maximum Gasteiger partial charge on any atom is 0.461 e. The number of anilines is 1. The van der Waals surface area contributed by atoms with Crippen LogP contribution in [0.5, 0.6) is 5.75 Å². The lowest BCUT2D eigenvalue weighted by Gasteiger charge is -2.17. The number of nitriles is 1. The van der Waals surface area contributed by atoms with E-state index in [0.29, 0.717) is 0 Å². The molecule has 5 nitrogen and oxygen atoms in total. The molecule has 0 unspecified atom stereocenters. The number of halogens is 4. The zero-order valence-electron chi connectivity index (χ0n) is 11.9. The highest BCUT2D eigenvalue weighted by Crippen LogP contribution is 2.28. The highest BCUT2D eigenvalue weighted by molar-refractivity contribution is 5.93. The molecule has 124 valence electrons. The summed E-state index contributed by atoms with van der Waals surface area (Å²) in [5, 5.41) is 11.3. The average Bonchev–Trinajstić information content (AvgIpc) is 2.48. The van der Waals surface area contributed by atoms with E-state index in [2.05, 4.69) is 14.8 Å². The Kier molecular flexibility index (Phi) is 6.38. The fourth-order valence-corrected chi connectivity index (χ4v) is 1.35. The molecule has 0 fully saturated rings. The average molecular weight is 332 g/mol. The molecule has 0 aromatic heterocycles. The number of hydrogen-bond donors (Lipinski definition) is 1. The minimum Gasteiger partial charge on any atom is -0.462 e. The first-order valence-electron chi connectivity index (χ1n) is 6.29. The number of esters is 1. The van der Waals surface area contributed by atoms with E-state index in [1.54, 1.807) is 13.0 Å². The minimum absolute atomic E-state index is 0.0733. The molecule has 1 N–H and O–H groups in total. The molecule has 0 heterocycles. The monoisotopic (exact) mass is 332 g/mol. The summed E-state index contributed by atoms with van der Waals surface area (Å²) in [6.45, 7) is 1.63. The number of alkyl halides is 4. The Morgan fingerprint density at radius 3 is 2.74 bits per heavy atom. The van der Waals surface area contributed by atoms with Crippen molar-refractivity contribution in [2.45, 2.75) is 19.5 Å². The van der Waals surface area contributed by atoms with Crippen LogP contribution in [0, 0.1) is 11.3 Å². The molecule has 1 aromatic rings. The Hall–Kier alpha value is -2.76. The molecule has 1 aromatic carbocycles. The summed E-state index contributed by atoms with van der Waals surface area (Å²) in [6, 6.07) is 6.32. The van der Waals surface area contributed by atoms with Crippen LogP contribution in [0.15, 0.2) is 36.0 Å². The third-order valence-electron chi connectivity index (χ3n) is 2.34. The Bertz CT molecular complexity index is 627. The van der Waals surface area contributed by atoms with E-state index in [1.165, 1.54) is 12.1 Å². The second-order valence-electron chi connectivity index (χ2n) is 4.03. The molecule has 0 radical (unpaired) electrons. The van der Waals surface area contributed by atoms with Crippen molar-refractivity contribution < 1.29 is 31.8 Å². The van der Waals surface area contributed by atoms with Crippen LogP contribution < -0.4 is 10.1 Å². The van der Waals surface area contributed by atoms with Crippen molar-refractivity contribution in [3.63, 3.8) is 0 Å². The molecule has 0 aliphatic heterocycles. The van der Waals surface area contributed by atoms with Gasteiger partial charge in [0.15, 0.2) is 5.57 Å². The van der Waals surface area contributed by atoms with E-state index in [-0.39, 0.29) is 17.9 Å². The van der Waals surface area contributed by atoms with Crippen molar-refractivity contribution in [2.24, 2.45) is 0 Å². The minimum atomic E-state index is -4.63. The largest absolute Gasteiger partial charge is 0.462 e. The summed E-state index contributed by atoms with van der Waals surface area (Å²) in [5.74, 6) is -1.37. The first-order chi connectivity index (χ1) is 10.8. The maximum absolute atomic E-state index is 12.8. The summed E-state index contributed by atoms with van der Waals surface area (Å²) in [6.07, 6.45) is -7.60. The standard InChI is InChI=1S/C14H12F4N2O3/c1-2-22-12(21)9(7-19)8-20-10-4-3-5-11(6-10)23-14(17,18)13(15)16/h3-6,8,13,20H,2H2,1H3/b9-8-. The van der Waals surface area contributed by atoms with Crippen LogP contribution in [0.3, 0.4) is 0 Å². The van der Waals surface area contributed by atoms with Crippen LogP contribution in [-0.2, 0) is 9.53 Å². The third-order valence-corrected chi connectivity index (χ3v) is 2.34. The van der Waals surface area contributed by atoms with Crippen LogP contribution in [0.1, 0.15) is 6.92 Å². The molecule has 1 rings (SSSR count). The first-order valence-corrected chi connectivity index (χ1v) is 6.29. The lowest BCUT2D eigenvalue weighted by Crippen LogP contribution is -2.33. The molecule has 0 spiro atoms. The summed E-state index contributed by atoms with van der Waals surface area (Å²) in [4.78, 5) is 11.4. The van der Waals surface area contributed by atoms with Gasteiger partial charge in [0, 0.05) is 18.0 Å². The van der Waals surface area contributed by atoms with Crippen molar-refractivity contribution in [3.05, 3.63) is 36.0 Å². The van der Waals surface area contributed by atoms with Gasteiger partial charge in [0.05, 0.1) is 6.61 Å². The predicted molar refractivity (Wildman–Crippen MR) is 72.0 cm³/mol. The maximum atomic E-state index is 12.8. The number of nitrogens with one attached hydrogen (secondary N) is 1. The van der Waals surface area contributed by atoms with Gasteiger partial charge in [0.2, 0.25) is 0 Å². The van der Waals surface area contributed by atoms with Crippen LogP contribution in [0.4, 0.5) is 23.2 Å². The summed E-state index contributed by atoms with van der Waals surface area (Å²) < 4.78 is 58.3. The van der Waals surface area contributed by atoms with Crippen molar-refractivity contribution in [1.82, 2.24) is 0 Å². The van der Waals surface area contributed by atoms with E-state index in [9.17, 15) is 22.4 Å². The van der Waals surface area contributed by atoms with Crippen LogP contribution in [0.25, 0.3) is 0 Å². The molecule has 0 aliphatic carbocycles. The van der Waals surface area contributed by atoms with Gasteiger partial charge in [-0.05, 0) is 19.1 Å². The van der Waals surface area contributed by atoms with Gasteiger partial charge in [-0.15, -0.1) is 0 Å². The fraction of sp³-hybridized carbons (Fsp3) is 0.286. The van der Waals surface area contributed by atoms with Gasteiger partial charge >= 0.3 is 18.5 Å². The second kappa shape index (κ2) is 8.03. The highest BCUT2D eigenvalue weighted by atomic mass is 19.3. The van der Waals surface area contributed by atoms with Crippen molar-refractivity contribution in [2.75, 3.05) is 11.9 Å². The van der Waals surface area contributed by atoms with Crippen LogP contribution in [0.2, 0.25) is 0 Å². The van der Waals surface area contributed by atoms with E-state index in [0.717, 1.165) is 18.3 Å². The second-order valence-corrected chi connectivity index (χ2v) is 4.03. The van der Waals surface area contributed by atoms with Crippen molar-refractivity contribution in [1.29, 1.82) is 5.26 Å². The van der Waals surface area contributed by atoms with Gasteiger partial charge in [-0.2, -0.15) is 22.8 Å². The zero-order chi connectivity index (χ0) is 17.5. The Morgan fingerprint density at radius 2 is 2.17 bits per heavy atom. The number of hydrogen-bond acceptors (Lipinski definition) is 5. The van der Waals surface area contributed by atoms with Gasteiger partial charge < -0.3 is 14.8 Å². The Labute approximate surface area is 129 Å². The van der Waals surface area contributed by atoms with Crippen molar-refractivity contribution >= 4 is 11.7 Å². The SMILES string of the molecule is CCOC(=O)/C(C#N)=C\Nc1cccc(OC(F)(F)C(F)F)c1. The summed E-state index contributed by atoms with van der Waals surface area (Å²) in [7, 11) is 0. The molecule has 0 atom stereocenters. The van der Waals surface area contributed by atoms with Gasteiger partial charge in [-0.1, -0.05) is 6.07 Å². The summed E-state index contributed by atoms with van der Waals surface area (Å²) in [5.41, 5.74) is -0.208. The molecule has 23 heavy (non-hydrogen) atoms. The molecule has 0 bridgehead atoms. The highest BCUT2D eigenvalue weighted by Gasteiger charge is 2.43. The molecule has 9 heteroatoms. The van der Waals surface area contributed by atoms with E-state index < -0.39 is 24.3 Å². The number of benzene rings is 1. The first kappa shape index (κ1) is 18.3. The van der Waals surface area contributed by atoms with E-state index in [4.69, 9.17) is 5.26 Å². The fourth-order valence-electron chi connectivity index (χ4n) is 1.35. The Balaban J connectivity index is 2.85. The van der Waals surface area contributed by atoms with Crippen molar-refractivity contribution in [3.8, 4) is 11.8 Å². The molecule has 0 saturated carbocycles. The Morgan fingerprint density at radius 1 is 1.48 bits per heavy atom. The van der Waals surface area contributed by atoms with Crippen LogP contribution in [-0.4, -0.2) is 25.1 Å². The smallest absolute Gasteiger partial charge is 0.461 e. The summed E-state index contributed by atoms with van der Waals surface area (Å²) >= 11 is 0. The number of rotatable bonds is 7. The lowest BCUT2D eigenvalue weighted by molar-refractivity contribution is -0.253. The third kappa shape index (κ3) is 5.50. The van der Waals surface area contributed by atoms with Gasteiger partial charge in [-0.25, -0.2) is 4.79 Å². The zero-order valence-corrected chi connectivity index (χ0v) is 11.9. The van der Waals surface area contributed by atoms with E-state index >= 15 is 0 Å². The molecule has 0 saturated heterocycles. The molecule has 0 aliphatic rings. The lowest BCUT2D eigenvalue weighted by atomic mass is 10.3. The molecular formula is C14H12F4N2O3. The topological polar surface area (TPSA) is 71.4 Å². The normalized spacial score (nSPS) is 11.8. The van der Waals surface area contributed by atoms with Crippen LogP contribution >= 0.6 is 0 Å². The molecular weight excluding hydrogens is 320 g/mol. The van der Waals surface area contributed by atoms with Gasteiger partial charge in [0.1, 0.15) is 11.8 Å². The number of nitrogens with zero attached hydrogens (tertiary/aromatic N) is 1. The number of ether oxygens (including phenoxy) is 2. The number of carbonyl (C=O) groups is 1. The van der Waals surface area contributed by atoms with E-state index in [1.807, 2.05) is 0 Å². The molecule has 0 amide bonds. The predicted octanol–water partition coefficient (Wildman–Crippen LogP) is 3.31.